The molecule has 1 aromatic heterocycles. The predicted octanol–water partition coefficient (Wildman–Crippen LogP) is 4.83. The van der Waals surface area contributed by atoms with Crippen LogP contribution in [-0.4, -0.2) is 20.6 Å². The van der Waals surface area contributed by atoms with Crippen molar-refractivity contribution in [3.05, 3.63) is 100 Å². The van der Waals surface area contributed by atoms with Crippen LogP contribution in [-0.2, 0) is 6.54 Å². The van der Waals surface area contributed by atoms with Crippen molar-refractivity contribution in [3.8, 4) is 11.5 Å². The lowest BCUT2D eigenvalue weighted by molar-refractivity contribution is 0.0697. The third-order valence-electron chi connectivity index (χ3n) is 5.27. The fourth-order valence-electron chi connectivity index (χ4n) is 3.78. The van der Waals surface area contributed by atoms with Crippen LogP contribution >= 0.6 is 0 Å². The van der Waals surface area contributed by atoms with Crippen LogP contribution in [0.15, 0.2) is 77.6 Å². The van der Waals surface area contributed by atoms with Gasteiger partial charge in [-0.15, -0.1) is 0 Å². The minimum Gasteiger partial charge on any atom is -0.478 e. The van der Waals surface area contributed by atoms with Gasteiger partial charge in [0.2, 0.25) is 0 Å². The predicted molar refractivity (Wildman–Crippen MR) is 118 cm³/mol. The van der Waals surface area contributed by atoms with Crippen molar-refractivity contribution in [2.24, 2.45) is 0 Å². The summed E-state index contributed by atoms with van der Waals surface area (Å²) in [4.78, 5) is 28.8. The number of hydrogen-bond acceptors (Lipinski definition) is 4. The van der Waals surface area contributed by atoms with E-state index in [4.69, 9.17) is 4.74 Å². The van der Waals surface area contributed by atoms with Crippen LogP contribution < -0.4 is 10.3 Å². The van der Waals surface area contributed by atoms with Crippen LogP contribution in [0.5, 0.6) is 11.5 Å². The molecule has 0 unspecified atom stereocenters. The van der Waals surface area contributed by atoms with E-state index in [-0.39, 0.29) is 11.1 Å². The first-order chi connectivity index (χ1) is 15.1. The first kappa shape index (κ1) is 18.8. The summed E-state index contributed by atoms with van der Waals surface area (Å²) >= 11 is 0. The van der Waals surface area contributed by atoms with E-state index >= 15 is 0 Å². The van der Waals surface area contributed by atoms with Gasteiger partial charge in [-0.2, -0.15) is 0 Å². The molecule has 0 atom stereocenters. The van der Waals surface area contributed by atoms with E-state index in [1.54, 1.807) is 4.57 Å². The number of rotatable bonds is 4. The van der Waals surface area contributed by atoms with Crippen molar-refractivity contribution in [1.29, 1.82) is 0 Å². The Morgan fingerprint density at radius 3 is 2.61 bits per heavy atom. The second-order valence-corrected chi connectivity index (χ2v) is 7.34. The molecule has 1 aliphatic rings. The van der Waals surface area contributed by atoms with E-state index in [2.05, 4.69) is 4.98 Å². The second-order valence-electron chi connectivity index (χ2n) is 7.34. The number of carboxylic acids is 1. The zero-order chi connectivity index (χ0) is 21.4. The lowest BCUT2D eigenvalue weighted by atomic mass is 10.1. The highest BCUT2D eigenvalue weighted by Gasteiger charge is 2.21. The van der Waals surface area contributed by atoms with Crippen molar-refractivity contribution in [3.63, 3.8) is 0 Å². The Labute approximate surface area is 177 Å². The van der Waals surface area contributed by atoms with E-state index in [1.807, 2.05) is 60.7 Å². The normalized spacial score (nSPS) is 14.0. The van der Waals surface area contributed by atoms with Gasteiger partial charge in [-0.1, -0.05) is 30.3 Å². The molecular formula is C25H18N2O4. The molecule has 0 radical (unpaired) electrons. The number of carbonyl (C=O) groups is 1. The highest BCUT2D eigenvalue weighted by atomic mass is 16.5. The summed E-state index contributed by atoms with van der Waals surface area (Å²) in [7, 11) is 0. The first-order valence-corrected chi connectivity index (χ1v) is 9.90. The number of aromatic carboxylic acids is 1. The zero-order valence-corrected chi connectivity index (χ0v) is 16.5. The molecule has 6 nitrogen and oxygen atoms in total. The van der Waals surface area contributed by atoms with Gasteiger partial charge >= 0.3 is 5.97 Å². The summed E-state index contributed by atoms with van der Waals surface area (Å²) < 4.78 is 7.56. The molecule has 4 aromatic rings. The van der Waals surface area contributed by atoms with Crippen molar-refractivity contribution in [2.45, 2.75) is 13.0 Å². The molecule has 6 heteroatoms. The molecule has 31 heavy (non-hydrogen) atoms. The van der Waals surface area contributed by atoms with Crippen molar-refractivity contribution in [1.82, 2.24) is 9.55 Å². The van der Waals surface area contributed by atoms with Gasteiger partial charge in [0.25, 0.3) is 5.56 Å². The Kier molecular flexibility index (Phi) is 4.59. The van der Waals surface area contributed by atoms with Crippen molar-refractivity contribution < 1.29 is 14.6 Å². The molecule has 3 aromatic carbocycles. The van der Waals surface area contributed by atoms with Crippen molar-refractivity contribution in [2.75, 3.05) is 0 Å². The average molecular weight is 410 g/mol. The number of nitrogens with zero attached hydrogens (tertiary/aromatic N) is 2. The van der Waals surface area contributed by atoms with Crippen LogP contribution in [0, 0.1) is 0 Å². The minimum atomic E-state index is -1.05. The van der Waals surface area contributed by atoms with Gasteiger partial charge in [0, 0.05) is 6.54 Å². The van der Waals surface area contributed by atoms with E-state index in [0.717, 1.165) is 16.9 Å². The smallest absolute Gasteiger partial charge is 0.335 e. The Bertz CT molecular complexity index is 1400. The van der Waals surface area contributed by atoms with Crippen LogP contribution in [0.4, 0.5) is 0 Å². The summed E-state index contributed by atoms with van der Waals surface area (Å²) in [6, 6.07) is 21.7. The topological polar surface area (TPSA) is 81.4 Å². The van der Waals surface area contributed by atoms with Gasteiger partial charge in [-0.25, -0.2) is 9.78 Å². The molecule has 0 saturated heterocycles. The van der Waals surface area contributed by atoms with Crippen LogP contribution in [0.1, 0.15) is 28.2 Å². The molecule has 0 spiro atoms. The van der Waals surface area contributed by atoms with E-state index < -0.39 is 5.97 Å². The summed E-state index contributed by atoms with van der Waals surface area (Å²) in [5.74, 6) is 1.01. The molecule has 1 aliphatic heterocycles. The Morgan fingerprint density at radius 1 is 1.00 bits per heavy atom. The summed E-state index contributed by atoms with van der Waals surface area (Å²) in [6.45, 7) is 0.545. The number of fused-ring (bicyclic) bond motifs is 2. The number of benzene rings is 3. The summed E-state index contributed by atoms with van der Waals surface area (Å²) in [5.41, 5.74) is 2.22. The molecule has 0 saturated carbocycles. The highest BCUT2D eigenvalue weighted by molar-refractivity contribution is 5.93. The average Bonchev–Trinajstić information content (AvgIpc) is 3.17. The van der Waals surface area contributed by atoms with E-state index in [0.29, 0.717) is 35.4 Å². The Morgan fingerprint density at radius 2 is 1.81 bits per heavy atom. The third kappa shape index (κ3) is 3.59. The number of hydrogen-bond donors (Lipinski definition) is 1. The molecular weight excluding hydrogens is 392 g/mol. The van der Waals surface area contributed by atoms with Gasteiger partial charge < -0.3 is 9.84 Å². The molecule has 0 aliphatic carbocycles. The van der Waals surface area contributed by atoms with E-state index in [1.165, 1.54) is 18.2 Å². The number of carboxylic acid groups (broad SMARTS) is 1. The van der Waals surface area contributed by atoms with Crippen LogP contribution in [0.25, 0.3) is 22.6 Å². The monoisotopic (exact) mass is 410 g/mol. The zero-order valence-electron chi connectivity index (χ0n) is 16.5. The summed E-state index contributed by atoms with van der Waals surface area (Å²) in [6.07, 6.45) is 2.67. The summed E-state index contributed by atoms with van der Waals surface area (Å²) in [5, 5.41) is 9.68. The van der Waals surface area contributed by atoms with Crippen LogP contribution in [0.2, 0.25) is 0 Å². The molecule has 5 rings (SSSR count). The Hall–Kier alpha value is -4.19. The minimum absolute atomic E-state index is 0.110. The fraction of sp³-hybridized carbons (Fsp3) is 0.0800. The fourth-order valence-corrected chi connectivity index (χ4v) is 3.78. The highest BCUT2D eigenvalue weighted by Crippen LogP contribution is 2.29. The Balaban J connectivity index is 1.53. The molecule has 0 bridgehead atoms. The number of aromatic nitrogens is 2. The maximum atomic E-state index is 12.9. The molecule has 0 fully saturated rings. The molecule has 0 amide bonds. The van der Waals surface area contributed by atoms with Crippen molar-refractivity contribution >= 4 is 28.5 Å². The maximum absolute atomic E-state index is 12.9. The lowest BCUT2D eigenvalue weighted by Gasteiger charge is -2.07. The van der Waals surface area contributed by atoms with Gasteiger partial charge in [0.05, 0.1) is 16.5 Å². The lowest BCUT2D eigenvalue weighted by Crippen LogP contribution is -2.20. The second kappa shape index (κ2) is 7.57. The molecule has 2 heterocycles. The first-order valence-electron chi connectivity index (χ1n) is 9.90. The quantitative estimate of drug-likeness (QED) is 0.521. The van der Waals surface area contributed by atoms with Gasteiger partial charge in [0.1, 0.15) is 17.3 Å². The standard InChI is InChI=1S/C25H18N2O4/c28-24-21-10-9-18(25(29)30)15-22(21)26-23-17(11-12-27(23)24)13-16-5-4-8-20(14-16)31-19-6-2-1-3-7-19/h1-10,13-15H,11-12H2,(H,29,30). The number of ether oxygens (including phenoxy) is 1. The maximum Gasteiger partial charge on any atom is 0.335 e. The third-order valence-corrected chi connectivity index (χ3v) is 5.27. The van der Waals surface area contributed by atoms with Gasteiger partial charge in [-0.3, -0.25) is 9.36 Å². The van der Waals surface area contributed by atoms with E-state index in [9.17, 15) is 14.7 Å². The van der Waals surface area contributed by atoms with Gasteiger partial charge in [0.15, 0.2) is 0 Å². The number of para-hydroxylation sites is 1. The SMILES string of the molecule is O=C(O)c1ccc2c(=O)n3c(nc2c1)C(=Cc1cccc(Oc2ccccc2)c1)CC3. The molecule has 1 N–H and O–H groups in total. The largest absolute Gasteiger partial charge is 0.478 e. The number of allylic oxidation sites excluding steroid dienone is 1. The van der Waals surface area contributed by atoms with Gasteiger partial charge in [-0.05, 0) is 66.1 Å². The van der Waals surface area contributed by atoms with Crippen LogP contribution in [0.3, 0.4) is 0 Å². The molecule has 152 valence electrons.